The maximum absolute atomic E-state index is 12.2. The van der Waals surface area contributed by atoms with Gasteiger partial charge in [0.25, 0.3) is 0 Å². The molecule has 0 N–H and O–H groups in total. The van der Waals surface area contributed by atoms with Gasteiger partial charge in [0.05, 0.1) is 24.7 Å². The van der Waals surface area contributed by atoms with E-state index in [9.17, 15) is 31.1 Å². The number of halogens is 6. The molecule has 1 aromatic rings. The van der Waals surface area contributed by atoms with Crippen LogP contribution in [0.3, 0.4) is 0 Å². The molecular formula is C12H12F6N2O4S. The zero-order chi connectivity index (χ0) is 19.1. The maximum atomic E-state index is 12.2. The predicted octanol–water partition coefficient (Wildman–Crippen LogP) is 2.77. The number of nitrogens with zero attached hydrogens (tertiary/aromatic N) is 2. The van der Waals surface area contributed by atoms with Crippen LogP contribution >= 0.6 is 11.8 Å². The lowest BCUT2D eigenvalue weighted by Gasteiger charge is -2.12. The number of ether oxygens (including phenoxy) is 3. The Kier molecular flexibility index (Phi) is 7.58. The number of rotatable bonds is 8. The third-order valence-electron chi connectivity index (χ3n) is 2.17. The Morgan fingerprint density at radius 2 is 1.52 bits per heavy atom. The number of carbonyl (C=O) groups excluding carboxylic acids is 1. The molecule has 142 valence electrons. The molecular weight excluding hydrogens is 382 g/mol. The van der Waals surface area contributed by atoms with Gasteiger partial charge in [-0.2, -0.15) is 36.3 Å². The van der Waals surface area contributed by atoms with E-state index in [1.165, 1.54) is 0 Å². The summed E-state index contributed by atoms with van der Waals surface area (Å²) in [5.74, 6) is -2.11. The third kappa shape index (κ3) is 9.84. The Labute approximate surface area is 141 Å². The second-order valence-electron chi connectivity index (χ2n) is 4.34. The maximum Gasteiger partial charge on any atom is 0.422 e. The minimum atomic E-state index is -4.66. The summed E-state index contributed by atoms with van der Waals surface area (Å²) in [6.07, 6.45) is -9.31. The largest absolute Gasteiger partial charge is 0.468 e. The van der Waals surface area contributed by atoms with Gasteiger partial charge in [-0.25, -0.2) is 0 Å². The number of esters is 1. The number of carbonyl (C=O) groups is 1. The summed E-state index contributed by atoms with van der Waals surface area (Å²) in [6, 6.07) is 0.714. The van der Waals surface area contributed by atoms with Crippen LogP contribution in [0.25, 0.3) is 0 Å². The van der Waals surface area contributed by atoms with E-state index in [2.05, 4.69) is 24.2 Å². The van der Waals surface area contributed by atoms with Gasteiger partial charge in [-0.15, -0.1) is 11.8 Å². The van der Waals surface area contributed by atoms with E-state index >= 15 is 0 Å². The van der Waals surface area contributed by atoms with Crippen molar-refractivity contribution >= 4 is 17.7 Å². The quantitative estimate of drug-likeness (QED) is 0.496. The highest BCUT2D eigenvalue weighted by molar-refractivity contribution is 7.99. The fraction of sp³-hybridized carbons (Fsp3) is 0.583. The molecule has 25 heavy (non-hydrogen) atoms. The van der Waals surface area contributed by atoms with Crippen LogP contribution in [0.4, 0.5) is 26.3 Å². The van der Waals surface area contributed by atoms with Gasteiger partial charge in [0.1, 0.15) is 5.82 Å². The molecule has 13 heteroatoms. The van der Waals surface area contributed by atoms with Gasteiger partial charge >= 0.3 is 18.3 Å². The highest BCUT2D eigenvalue weighted by Gasteiger charge is 2.30. The van der Waals surface area contributed by atoms with Crippen LogP contribution in [-0.2, 0) is 15.3 Å². The average Bonchev–Trinajstić information content (AvgIpc) is 2.49. The van der Waals surface area contributed by atoms with Gasteiger partial charge in [0.2, 0.25) is 11.8 Å². The van der Waals surface area contributed by atoms with Gasteiger partial charge in [-0.05, 0) is 0 Å². The molecule has 1 heterocycles. The second kappa shape index (κ2) is 8.97. The van der Waals surface area contributed by atoms with Crippen molar-refractivity contribution in [2.24, 2.45) is 0 Å². The first-order valence-electron chi connectivity index (χ1n) is 6.40. The van der Waals surface area contributed by atoms with Crippen molar-refractivity contribution in [1.29, 1.82) is 0 Å². The zero-order valence-electron chi connectivity index (χ0n) is 12.6. The number of thioether (sulfide) groups is 1. The number of methoxy groups -OCH3 is 1. The van der Waals surface area contributed by atoms with Gasteiger partial charge in [0, 0.05) is 0 Å². The molecule has 0 aliphatic carbocycles. The predicted molar refractivity (Wildman–Crippen MR) is 73.3 cm³/mol. The summed E-state index contributed by atoms with van der Waals surface area (Å²) < 4.78 is 86.2. The van der Waals surface area contributed by atoms with E-state index in [0.29, 0.717) is 6.07 Å². The van der Waals surface area contributed by atoms with Crippen LogP contribution in [0.15, 0.2) is 6.07 Å². The number of hydrogen-bond donors (Lipinski definition) is 0. The minimum Gasteiger partial charge on any atom is -0.468 e. The van der Waals surface area contributed by atoms with Crippen molar-refractivity contribution in [3.8, 4) is 11.8 Å². The van der Waals surface area contributed by atoms with Crippen molar-refractivity contribution in [2.45, 2.75) is 18.1 Å². The summed E-state index contributed by atoms with van der Waals surface area (Å²) in [6.45, 7) is -3.37. The molecule has 0 atom stereocenters. The van der Waals surface area contributed by atoms with E-state index in [0.717, 1.165) is 18.9 Å². The molecule has 0 aliphatic rings. The second-order valence-corrected chi connectivity index (χ2v) is 5.32. The van der Waals surface area contributed by atoms with Gasteiger partial charge in [-0.3, -0.25) is 4.79 Å². The van der Waals surface area contributed by atoms with Crippen molar-refractivity contribution in [1.82, 2.24) is 9.97 Å². The standard InChI is InChI=1S/C12H12F6N2O4S/c1-22-10(21)4-25-3-7-19-8(23-5-11(13,14)15)2-9(20-7)24-6-12(16,17)18/h2H,3-6H2,1H3. The van der Waals surface area contributed by atoms with Crippen molar-refractivity contribution < 1.29 is 45.3 Å². The molecule has 0 fully saturated rings. The molecule has 6 nitrogen and oxygen atoms in total. The topological polar surface area (TPSA) is 70.5 Å². The lowest BCUT2D eigenvalue weighted by Crippen LogP contribution is -2.21. The highest BCUT2D eigenvalue weighted by Crippen LogP contribution is 2.23. The summed E-state index contributed by atoms with van der Waals surface area (Å²) in [5.41, 5.74) is 0. The molecule has 0 amide bonds. The first-order valence-corrected chi connectivity index (χ1v) is 7.55. The van der Waals surface area contributed by atoms with Crippen LogP contribution < -0.4 is 9.47 Å². The number of hydrogen-bond acceptors (Lipinski definition) is 7. The molecule has 0 saturated carbocycles. The fourth-order valence-electron chi connectivity index (χ4n) is 1.26. The van der Waals surface area contributed by atoms with Gasteiger partial charge in [-0.1, -0.05) is 0 Å². The Bertz CT molecular complexity index is 545. The van der Waals surface area contributed by atoms with Crippen LogP contribution in [0.2, 0.25) is 0 Å². The Hall–Kier alpha value is -1.92. The summed E-state index contributed by atoms with van der Waals surface area (Å²) in [7, 11) is 1.16. The fourth-order valence-corrected chi connectivity index (χ4v) is 1.96. The number of aromatic nitrogens is 2. The van der Waals surface area contributed by atoms with E-state index in [-0.39, 0.29) is 17.3 Å². The SMILES string of the molecule is COC(=O)CSCc1nc(OCC(F)(F)F)cc(OCC(F)(F)F)n1. The molecule has 0 saturated heterocycles. The van der Waals surface area contributed by atoms with Crippen molar-refractivity contribution in [2.75, 3.05) is 26.1 Å². The van der Waals surface area contributed by atoms with E-state index in [4.69, 9.17) is 0 Å². The van der Waals surface area contributed by atoms with Crippen LogP contribution in [0.5, 0.6) is 11.8 Å². The normalized spacial score (nSPS) is 12.0. The molecule has 1 rings (SSSR count). The Morgan fingerprint density at radius 3 is 1.92 bits per heavy atom. The molecule has 0 unspecified atom stereocenters. The summed E-state index contributed by atoms with van der Waals surface area (Å²) in [4.78, 5) is 18.3. The first-order chi connectivity index (χ1) is 11.5. The first kappa shape index (κ1) is 21.1. The van der Waals surface area contributed by atoms with Crippen LogP contribution in [0, 0.1) is 0 Å². The Morgan fingerprint density at radius 1 is 1.04 bits per heavy atom. The van der Waals surface area contributed by atoms with Crippen LogP contribution in [0.1, 0.15) is 5.82 Å². The number of alkyl halides is 6. The monoisotopic (exact) mass is 394 g/mol. The molecule has 0 aliphatic heterocycles. The minimum absolute atomic E-state index is 0.0826. The van der Waals surface area contributed by atoms with Crippen molar-refractivity contribution in [3.63, 3.8) is 0 Å². The molecule has 0 radical (unpaired) electrons. The third-order valence-corrected chi connectivity index (χ3v) is 3.07. The summed E-state index contributed by atoms with van der Waals surface area (Å²) in [5, 5.41) is 0. The highest BCUT2D eigenvalue weighted by atomic mass is 32.2. The molecule has 0 spiro atoms. The average molecular weight is 394 g/mol. The van der Waals surface area contributed by atoms with E-state index in [1.807, 2.05) is 0 Å². The summed E-state index contributed by atoms with van der Waals surface area (Å²) >= 11 is 0.949. The van der Waals surface area contributed by atoms with Crippen LogP contribution in [-0.4, -0.2) is 54.4 Å². The van der Waals surface area contributed by atoms with Crippen molar-refractivity contribution in [3.05, 3.63) is 11.9 Å². The molecule has 1 aromatic heterocycles. The van der Waals surface area contributed by atoms with Gasteiger partial charge in [0.15, 0.2) is 13.2 Å². The molecule has 0 aromatic carbocycles. The van der Waals surface area contributed by atoms with Gasteiger partial charge < -0.3 is 14.2 Å². The lowest BCUT2D eigenvalue weighted by atomic mass is 10.5. The zero-order valence-corrected chi connectivity index (χ0v) is 13.4. The van der Waals surface area contributed by atoms with E-state index < -0.39 is 43.3 Å². The smallest absolute Gasteiger partial charge is 0.422 e. The molecule has 0 bridgehead atoms. The van der Waals surface area contributed by atoms with E-state index in [1.54, 1.807) is 0 Å². The Balaban J connectivity index is 2.83. The lowest BCUT2D eigenvalue weighted by molar-refractivity contribution is -0.154.